The molecule has 0 aliphatic carbocycles. The van der Waals surface area contributed by atoms with Gasteiger partial charge in [0.15, 0.2) is 34.8 Å². The van der Waals surface area contributed by atoms with Crippen molar-refractivity contribution in [2.24, 2.45) is 0 Å². The van der Waals surface area contributed by atoms with E-state index in [-0.39, 0.29) is 20.8 Å². The minimum absolute atomic E-state index is 0.0522. The molecule has 76 heavy (non-hydrogen) atoms. The van der Waals surface area contributed by atoms with Crippen molar-refractivity contribution in [2.45, 2.75) is 21.6 Å². The van der Waals surface area contributed by atoms with Crippen molar-refractivity contribution in [3.8, 4) is 45.6 Å². The summed E-state index contributed by atoms with van der Waals surface area (Å²) in [6.07, 6.45) is 0. The molecule has 8 aromatic rings. The fraction of sp³-hybridized carbons (Fsp3) is 0.0200. The molecule has 0 aliphatic heterocycles. The van der Waals surface area contributed by atoms with Gasteiger partial charge >= 0.3 is 5.97 Å². The molecule has 0 heterocycles. The molecule has 0 saturated heterocycles. The predicted molar refractivity (Wildman–Crippen MR) is 222 cm³/mol. The number of hydrogen-bond donors (Lipinski definition) is 0. The average Bonchev–Trinajstić information content (AvgIpc) is 3.44. The maximum atomic E-state index is 16.5. The van der Waals surface area contributed by atoms with Gasteiger partial charge in [0, 0.05) is 26.3 Å². The lowest BCUT2D eigenvalue weighted by Gasteiger charge is -2.40. The van der Waals surface area contributed by atoms with Crippen molar-refractivity contribution in [1.29, 1.82) is 0 Å². The van der Waals surface area contributed by atoms with E-state index >= 15 is 48.7 Å². The van der Waals surface area contributed by atoms with Crippen LogP contribution in [0.4, 0.5) is 87.8 Å². The molecule has 8 aromatic carbocycles. The number of aryl methyl sites for hydroxylation is 1. The van der Waals surface area contributed by atoms with Crippen molar-refractivity contribution >= 4 is 16.3 Å². The van der Waals surface area contributed by atoms with Crippen LogP contribution < -0.4 is 14.2 Å². The van der Waals surface area contributed by atoms with Gasteiger partial charge in [0.05, 0.1) is 11.1 Å². The normalized spacial score (nSPS) is 11.8. The predicted octanol–water partition coefficient (Wildman–Crippen LogP) is 16.9. The van der Waals surface area contributed by atoms with Crippen LogP contribution in [-0.4, -0.2) is 5.97 Å². The molecule has 0 unspecified atom stereocenters. The zero-order valence-electron chi connectivity index (χ0n) is 36.7. The molecule has 0 aliphatic rings. The standard InChI is InChI=1S/C50H18F20O5S/c1-17-12-14-20(15-13-17)76(18-8-4-2-5-9-18,19-10-6-3-7-11-19)75-50(71)21-16-22(72-47-39(65)33(59)30(56)34(60)40(47)66)45(73-48-41(67)35(61)31(57)36(62)42(48)68)46(74-49-43(69)37(63)32(58)38(64)44(49)70)23(21)24-25(51)27(53)29(55)28(54)26(24)52/h2-16H,1H3. The Morgan fingerprint density at radius 2 is 0.632 bits per heavy atom. The third-order valence-corrected chi connectivity index (χ3v) is 13.9. The lowest BCUT2D eigenvalue weighted by Crippen LogP contribution is -2.17. The van der Waals surface area contributed by atoms with E-state index in [9.17, 15) is 43.9 Å². The van der Waals surface area contributed by atoms with E-state index in [0.717, 1.165) is 0 Å². The third-order valence-electron chi connectivity index (χ3n) is 10.7. The van der Waals surface area contributed by atoms with E-state index in [1.807, 2.05) is 0 Å². The van der Waals surface area contributed by atoms with Crippen molar-refractivity contribution in [3.63, 3.8) is 0 Å². The van der Waals surface area contributed by atoms with Crippen LogP contribution in [0.25, 0.3) is 11.1 Å². The summed E-state index contributed by atoms with van der Waals surface area (Å²) in [5.41, 5.74) is -6.60. The van der Waals surface area contributed by atoms with Crippen LogP contribution in [0.2, 0.25) is 0 Å². The first kappa shape index (κ1) is 53.9. The van der Waals surface area contributed by atoms with Crippen molar-refractivity contribution < 1.29 is 111 Å². The van der Waals surface area contributed by atoms with Gasteiger partial charge in [0.1, 0.15) is 0 Å². The van der Waals surface area contributed by atoms with Gasteiger partial charge in [0.25, 0.3) is 0 Å². The Morgan fingerprint density at radius 1 is 0.329 bits per heavy atom. The van der Waals surface area contributed by atoms with Crippen LogP contribution in [0.3, 0.4) is 0 Å². The molecule has 0 saturated carbocycles. The van der Waals surface area contributed by atoms with Gasteiger partial charge in [-0.15, -0.1) is 0 Å². The van der Waals surface area contributed by atoms with E-state index < -0.39 is 184 Å². The summed E-state index contributed by atoms with van der Waals surface area (Å²) in [5, 5.41) is 0. The Morgan fingerprint density at radius 3 is 1.00 bits per heavy atom. The summed E-state index contributed by atoms with van der Waals surface area (Å²) in [7, 11) is -3.92. The topological polar surface area (TPSA) is 54.0 Å². The zero-order chi connectivity index (χ0) is 55.6. The van der Waals surface area contributed by atoms with E-state index in [4.69, 9.17) is 18.4 Å². The molecule has 0 atom stereocenters. The SMILES string of the molecule is Cc1ccc(S(OC(=O)c2cc(Oc3c(F)c(F)c(F)c(F)c3F)c(Oc3c(F)c(F)c(F)c(F)c3F)c(Oc3c(F)c(F)c(F)c(F)c3F)c2-c2c(F)c(F)c(F)c(F)c2F)(c2ccccc2)c2ccccc2)cc1. The average molecular weight is 1110 g/mol. The first-order valence-electron chi connectivity index (χ1n) is 20.4. The molecular formula is C50H18F20O5S. The summed E-state index contributed by atoms with van der Waals surface area (Å²) < 4.78 is 325. The summed E-state index contributed by atoms with van der Waals surface area (Å²) in [4.78, 5) is 15.3. The second-order valence-corrected chi connectivity index (χ2v) is 18.0. The third kappa shape index (κ3) is 8.77. The number of hydrogen-bond acceptors (Lipinski definition) is 5. The van der Waals surface area contributed by atoms with Crippen LogP contribution in [0.1, 0.15) is 15.9 Å². The van der Waals surface area contributed by atoms with E-state index in [2.05, 4.69) is 0 Å². The number of ether oxygens (including phenoxy) is 3. The van der Waals surface area contributed by atoms with Gasteiger partial charge in [-0.1, -0.05) is 54.1 Å². The van der Waals surface area contributed by atoms with Crippen LogP contribution >= 0.6 is 10.3 Å². The molecule has 0 N–H and O–H groups in total. The van der Waals surface area contributed by atoms with E-state index in [0.29, 0.717) is 5.56 Å². The summed E-state index contributed by atoms with van der Waals surface area (Å²) in [6, 6.07) is 18.5. The summed E-state index contributed by atoms with van der Waals surface area (Å²) >= 11 is 0. The highest BCUT2D eigenvalue weighted by Gasteiger charge is 2.43. The Bertz CT molecular complexity index is 3540. The molecule has 0 bridgehead atoms. The monoisotopic (exact) mass is 1110 g/mol. The maximum absolute atomic E-state index is 16.5. The van der Waals surface area contributed by atoms with Gasteiger partial charge in [-0.3, -0.25) is 0 Å². The number of benzene rings is 8. The summed E-state index contributed by atoms with van der Waals surface area (Å²) in [5.74, 6) is -79.5. The van der Waals surface area contributed by atoms with Gasteiger partial charge < -0.3 is 18.4 Å². The molecule has 8 rings (SSSR count). The van der Waals surface area contributed by atoms with Crippen molar-refractivity contribution in [1.82, 2.24) is 0 Å². The van der Waals surface area contributed by atoms with E-state index in [1.54, 1.807) is 6.92 Å². The second-order valence-electron chi connectivity index (χ2n) is 15.3. The smallest absolute Gasteiger partial charge is 0.350 e. The largest absolute Gasteiger partial charge is 0.447 e. The lowest BCUT2D eigenvalue weighted by atomic mass is 9.95. The zero-order valence-corrected chi connectivity index (χ0v) is 37.5. The van der Waals surface area contributed by atoms with Gasteiger partial charge in [-0.25, -0.2) is 66.3 Å². The molecule has 5 nitrogen and oxygen atoms in total. The van der Waals surface area contributed by atoms with Gasteiger partial charge in [-0.05, 0) is 53.6 Å². The minimum atomic E-state index is -3.92. The Labute approximate surface area is 412 Å². The first-order chi connectivity index (χ1) is 35.9. The van der Waals surface area contributed by atoms with Crippen molar-refractivity contribution in [3.05, 3.63) is 218 Å². The Balaban J connectivity index is 1.63. The number of rotatable bonds is 12. The quantitative estimate of drug-likeness (QED) is 0.0693. The Hall–Kier alpha value is -8.42. The summed E-state index contributed by atoms with van der Waals surface area (Å²) in [6.45, 7) is 1.57. The molecule has 0 fully saturated rings. The van der Waals surface area contributed by atoms with E-state index in [1.165, 1.54) is 84.9 Å². The first-order valence-corrected chi connectivity index (χ1v) is 22.0. The highest BCUT2D eigenvalue weighted by Crippen LogP contribution is 2.70. The fourth-order valence-electron chi connectivity index (χ4n) is 7.12. The number of carbonyl (C=O) groups excluding carboxylic acids is 1. The van der Waals surface area contributed by atoms with Crippen LogP contribution in [0, 0.1) is 123 Å². The highest BCUT2D eigenvalue weighted by molar-refractivity contribution is 8.30. The fourth-order valence-corrected chi connectivity index (χ4v) is 10.1. The number of carbonyl (C=O) groups is 1. The molecule has 0 amide bonds. The lowest BCUT2D eigenvalue weighted by molar-refractivity contribution is 0.0757. The molecule has 0 radical (unpaired) electrons. The molecular weight excluding hydrogens is 1090 g/mol. The number of halogens is 20. The molecule has 0 spiro atoms. The molecule has 26 heteroatoms. The maximum Gasteiger partial charge on any atom is 0.350 e. The highest BCUT2D eigenvalue weighted by atomic mass is 32.3. The van der Waals surface area contributed by atoms with Crippen molar-refractivity contribution in [2.75, 3.05) is 0 Å². The van der Waals surface area contributed by atoms with Crippen LogP contribution in [-0.2, 0) is 4.18 Å². The second kappa shape index (κ2) is 20.4. The van der Waals surface area contributed by atoms with Crippen LogP contribution in [0.5, 0.6) is 34.5 Å². The Kier molecular flexibility index (Phi) is 14.4. The molecule has 394 valence electrons. The van der Waals surface area contributed by atoms with Gasteiger partial charge in [0.2, 0.25) is 116 Å². The minimum Gasteiger partial charge on any atom is -0.447 e. The van der Waals surface area contributed by atoms with Gasteiger partial charge in [-0.2, -0.15) is 26.3 Å². The van der Waals surface area contributed by atoms with Crippen LogP contribution in [0.15, 0.2) is 106 Å². The molecule has 0 aromatic heterocycles.